The van der Waals surface area contributed by atoms with Gasteiger partial charge in [0.05, 0.1) is 16.0 Å². The zero-order chi connectivity index (χ0) is 20.1. The van der Waals surface area contributed by atoms with Crippen LogP contribution in [0.2, 0.25) is 5.02 Å². The quantitative estimate of drug-likeness (QED) is 0.623. The molecule has 0 saturated carbocycles. The molecule has 1 aromatic heterocycles. The van der Waals surface area contributed by atoms with E-state index in [2.05, 4.69) is 4.74 Å². The van der Waals surface area contributed by atoms with Gasteiger partial charge < -0.3 is 14.1 Å². The van der Waals surface area contributed by atoms with Crippen LogP contribution in [-0.2, 0) is 6.42 Å². The normalized spacial score (nSPS) is 14.3. The second-order valence-electron chi connectivity index (χ2n) is 6.10. The average Bonchev–Trinajstić information content (AvgIpc) is 2.63. The van der Waals surface area contributed by atoms with Gasteiger partial charge in [-0.15, -0.1) is 13.2 Å². The third kappa shape index (κ3) is 3.20. The van der Waals surface area contributed by atoms with Gasteiger partial charge in [-0.2, -0.15) is 0 Å². The van der Waals surface area contributed by atoms with Crippen molar-refractivity contribution in [2.45, 2.75) is 12.8 Å². The smallest absolute Gasteiger partial charge is 0.449 e. The fourth-order valence-electron chi connectivity index (χ4n) is 3.14. The van der Waals surface area contributed by atoms with E-state index in [1.807, 2.05) is 0 Å². The molecular formula is C19H11ClF3NO4. The van der Waals surface area contributed by atoms with E-state index in [0.717, 1.165) is 12.1 Å². The minimum absolute atomic E-state index is 0.118. The molecule has 5 nitrogen and oxygen atoms in total. The molecule has 1 aliphatic rings. The summed E-state index contributed by atoms with van der Waals surface area (Å²) in [6.07, 6.45) is -4.56. The summed E-state index contributed by atoms with van der Waals surface area (Å²) in [6.45, 7) is 0.183. The second-order valence-corrected chi connectivity index (χ2v) is 6.51. The molecule has 2 heterocycles. The number of nitrogens with zero attached hydrogens (tertiary/aromatic N) is 1. The number of ether oxygens (including phenoxy) is 1. The van der Waals surface area contributed by atoms with E-state index in [-0.39, 0.29) is 40.3 Å². The maximum Gasteiger partial charge on any atom is 0.573 e. The molecule has 0 spiro atoms. The Labute approximate surface area is 160 Å². The second kappa shape index (κ2) is 6.56. The van der Waals surface area contributed by atoms with Gasteiger partial charge in [0.2, 0.25) is 0 Å². The molecule has 144 valence electrons. The maximum absolute atomic E-state index is 12.9. The lowest BCUT2D eigenvalue weighted by molar-refractivity contribution is -0.274. The number of hydrogen-bond donors (Lipinski definition) is 0. The number of anilines is 1. The van der Waals surface area contributed by atoms with E-state index < -0.39 is 18.0 Å². The molecule has 0 fully saturated rings. The van der Waals surface area contributed by atoms with Crippen LogP contribution in [0.15, 0.2) is 51.7 Å². The van der Waals surface area contributed by atoms with Crippen LogP contribution >= 0.6 is 11.6 Å². The summed E-state index contributed by atoms with van der Waals surface area (Å²) in [4.78, 5) is 26.9. The van der Waals surface area contributed by atoms with Crippen molar-refractivity contribution in [1.29, 1.82) is 0 Å². The highest BCUT2D eigenvalue weighted by molar-refractivity contribution is 6.34. The minimum Gasteiger partial charge on any atom is -0.449 e. The predicted molar refractivity (Wildman–Crippen MR) is 96.0 cm³/mol. The Kier molecular flexibility index (Phi) is 4.30. The van der Waals surface area contributed by atoms with Gasteiger partial charge in [-0.3, -0.25) is 9.59 Å². The fourth-order valence-corrected chi connectivity index (χ4v) is 3.36. The molecular weight excluding hydrogens is 399 g/mol. The standard InChI is InChI=1S/C19H11ClF3NO4/c20-14-3-1-2-12-15(25)13-8-9-24(18(26)17(13)27-16(12)14)10-4-6-11(7-5-10)28-19(21,22)23/h1-7H,8-9H2. The Bertz CT molecular complexity index is 1140. The monoisotopic (exact) mass is 409 g/mol. The summed E-state index contributed by atoms with van der Waals surface area (Å²) in [6, 6.07) is 9.62. The Balaban J connectivity index is 1.71. The summed E-state index contributed by atoms with van der Waals surface area (Å²) in [5, 5.41) is 0.497. The van der Waals surface area contributed by atoms with Gasteiger partial charge in [0.25, 0.3) is 5.91 Å². The number of benzene rings is 2. The third-order valence-electron chi connectivity index (χ3n) is 4.37. The van der Waals surface area contributed by atoms with E-state index >= 15 is 0 Å². The third-order valence-corrected chi connectivity index (χ3v) is 4.67. The number of para-hydroxylation sites is 1. The number of carbonyl (C=O) groups excluding carboxylic acids is 1. The highest BCUT2D eigenvalue weighted by Crippen LogP contribution is 2.30. The van der Waals surface area contributed by atoms with Gasteiger partial charge in [0, 0.05) is 12.2 Å². The van der Waals surface area contributed by atoms with Crippen molar-refractivity contribution in [1.82, 2.24) is 0 Å². The van der Waals surface area contributed by atoms with E-state index in [4.69, 9.17) is 16.0 Å². The number of halogens is 4. The lowest BCUT2D eigenvalue weighted by Gasteiger charge is -2.27. The van der Waals surface area contributed by atoms with Crippen LogP contribution in [0.3, 0.4) is 0 Å². The van der Waals surface area contributed by atoms with Crippen molar-refractivity contribution in [2.24, 2.45) is 0 Å². The Morgan fingerprint density at radius 1 is 1.07 bits per heavy atom. The fraction of sp³-hybridized carbons (Fsp3) is 0.158. The van der Waals surface area contributed by atoms with Crippen molar-refractivity contribution in [3.05, 3.63) is 69.0 Å². The molecule has 0 unspecified atom stereocenters. The molecule has 0 bridgehead atoms. The average molecular weight is 410 g/mol. The number of fused-ring (bicyclic) bond motifs is 2. The zero-order valence-electron chi connectivity index (χ0n) is 14.0. The molecule has 4 rings (SSSR count). The SMILES string of the molecule is O=C1c2oc3c(Cl)cccc3c(=O)c2CCN1c1ccc(OC(F)(F)F)cc1. The van der Waals surface area contributed by atoms with Crippen LogP contribution in [0.5, 0.6) is 5.75 Å². The Morgan fingerprint density at radius 3 is 2.46 bits per heavy atom. The maximum atomic E-state index is 12.9. The van der Waals surface area contributed by atoms with Crippen molar-refractivity contribution in [3.8, 4) is 5.75 Å². The first-order valence-electron chi connectivity index (χ1n) is 8.16. The van der Waals surface area contributed by atoms with Crippen molar-refractivity contribution in [2.75, 3.05) is 11.4 Å². The van der Waals surface area contributed by atoms with Crippen LogP contribution in [0.25, 0.3) is 11.0 Å². The van der Waals surface area contributed by atoms with Gasteiger partial charge in [-0.25, -0.2) is 0 Å². The number of rotatable bonds is 2. The molecule has 0 saturated heterocycles. The molecule has 9 heteroatoms. The van der Waals surface area contributed by atoms with Crippen LogP contribution < -0.4 is 15.1 Å². The molecule has 1 amide bonds. The molecule has 28 heavy (non-hydrogen) atoms. The zero-order valence-corrected chi connectivity index (χ0v) is 14.8. The summed E-state index contributed by atoms with van der Waals surface area (Å²) in [5.74, 6) is -1.08. The molecule has 0 radical (unpaired) electrons. The lowest BCUT2D eigenvalue weighted by Crippen LogP contribution is -2.40. The van der Waals surface area contributed by atoms with E-state index in [9.17, 15) is 22.8 Å². The van der Waals surface area contributed by atoms with E-state index in [1.165, 1.54) is 17.0 Å². The van der Waals surface area contributed by atoms with Crippen LogP contribution in [0.1, 0.15) is 16.1 Å². The largest absolute Gasteiger partial charge is 0.573 e. The summed E-state index contributed by atoms with van der Waals surface area (Å²) in [7, 11) is 0. The van der Waals surface area contributed by atoms with Crippen molar-refractivity contribution >= 4 is 34.2 Å². The molecule has 2 aromatic carbocycles. The highest BCUT2D eigenvalue weighted by atomic mass is 35.5. The van der Waals surface area contributed by atoms with Crippen LogP contribution in [0.4, 0.5) is 18.9 Å². The number of carbonyl (C=O) groups is 1. The Morgan fingerprint density at radius 2 is 1.79 bits per heavy atom. The van der Waals surface area contributed by atoms with Gasteiger partial charge in [-0.1, -0.05) is 17.7 Å². The summed E-state index contributed by atoms with van der Waals surface area (Å²) >= 11 is 6.08. The summed E-state index contributed by atoms with van der Waals surface area (Å²) in [5.41, 5.74) is 0.415. The molecule has 3 aromatic rings. The minimum atomic E-state index is -4.80. The number of amides is 1. The van der Waals surface area contributed by atoms with Crippen molar-refractivity contribution in [3.63, 3.8) is 0 Å². The molecule has 1 aliphatic heterocycles. The molecule has 0 atom stereocenters. The number of hydrogen-bond acceptors (Lipinski definition) is 4. The van der Waals surface area contributed by atoms with Gasteiger partial charge in [0.1, 0.15) is 5.75 Å². The lowest BCUT2D eigenvalue weighted by atomic mass is 10.0. The molecule has 0 aliphatic carbocycles. The van der Waals surface area contributed by atoms with Gasteiger partial charge >= 0.3 is 6.36 Å². The summed E-state index contributed by atoms with van der Waals surface area (Å²) < 4.78 is 46.3. The van der Waals surface area contributed by atoms with E-state index in [0.29, 0.717) is 11.1 Å². The van der Waals surface area contributed by atoms with E-state index in [1.54, 1.807) is 18.2 Å². The number of alkyl halides is 3. The van der Waals surface area contributed by atoms with Crippen LogP contribution in [-0.4, -0.2) is 18.8 Å². The van der Waals surface area contributed by atoms with Gasteiger partial charge in [0.15, 0.2) is 16.8 Å². The molecule has 0 N–H and O–H groups in total. The predicted octanol–water partition coefficient (Wildman–Crippen LogP) is 4.55. The Hall–Kier alpha value is -3.00. The first-order valence-corrected chi connectivity index (χ1v) is 8.54. The topological polar surface area (TPSA) is 59.8 Å². The van der Waals surface area contributed by atoms with Crippen molar-refractivity contribution < 1.29 is 27.1 Å². The first kappa shape index (κ1) is 18.4. The van der Waals surface area contributed by atoms with Crippen LogP contribution in [0, 0.1) is 0 Å². The van der Waals surface area contributed by atoms with Gasteiger partial charge in [-0.05, 0) is 42.8 Å². The highest BCUT2D eigenvalue weighted by Gasteiger charge is 2.33. The first-order chi connectivity index (χ1) is 13.2.